The molecular weight excluding hydrogens is 316 g/mol. The Hall–Kier alpha value is -0.340. The van der Waals surface area contributed by atoms with Crippen LogP contribution in [-0.4, -0.2) is 42.2 Å². The van der Waals surface area contributed by atoms with Crippen LogP contribution in [0.25, 0.3) is 0 Å². The fraction of sp³-hybridized carbons (Fsp3) is 0.917. The monoisotopic (exact) mass is 365 g/mol. The highest BCUT2D eigenvalue weighted by Gasteiger charge is 2.36. The van der Waals surface area contributed by atoms with Gasteiger partial charge in [0, 0.05) is 19.5 Å². The topological polar surface area (TPSA) is 3.24 Å². The highest BCUT2D eigenvalue weighted by molar-refractivity contribution is 4.99. The molecule has 0 aliphatic carbocycles. The fourth-order valence-corrected chi connectivity index (χ4v) is 4.47. The molecular formula is C24H49N2+. The van der Waals surface area contributed by atoms with Gasteiger partial charge in [-0.15, -0.1) is 0 Å². The van der Waals surface area contributed by atoms with E-state index in [1.807, 2.05) is 0 Å². The van der Waals surface area contributed by atoms with Gasteiger partial charge in [-0.25, -0.2) is 0 Å². The lowest BCUT2D eigenvalue weighted by Gasteiger charge is -2.46. The van der Waals surface area contributed by atoms with Gasteiger partial charge in [0.2, 0.25) is 0 Å². The number of rotatable bonds is 16. The molecule has 0 saturated heterocycles. The van der Waals surface area contributed by atoms with Crippen molar-refractivity contribution >= 4 is 0 Å². The second kappa shape index (κ2) is 14.7. The first-order valence-electron chi connectivity index (χ1n) is 12.0. The summed E-state index contributed by atoms with van der Waals surface area (Å²) in [7, 11) is 0. The summed E-state index contributed by atoms with van der Waals surface area (Å²) in [5.41, 5.74) is 1.79. The quantitative estimate of drug-likeness (QED) is 0.208. The van der Waals surface area contributed by atoms with E-state index >= 15 is 0 Å². The largest absolute Gasteiger partial charge is 0.282 e. The van der Waals surface area contributed by atoms with Crippen LogP contribution in [0, 0.1) is 0 Å². The second-order valence-corrected chi connectivity index (χ2v) is 8.58. The molecule has 154 valence electrons. The van der Waals surface area contributed by atoms with Crippen molar-refractivity contribution in [2.75, 3.05) is 32.8 Å². The first-order valence-corrected chi connectivity index (χ1v) is 12.0. The van der Waals surface area contributed by atoms with E-state index in [-0.39, 0.29) is 0 Å². The number of nitrogens with zero attached hydrogens (tertiary/aromatic N) is 2. The first kappa shape index (κ1) is 23.7. The Kier molecular flexibility index (Phi) is 13.4. The summed E-state index contributed by atoms with van der Waals surface area (Å²) in [6.45, 7) is 15.9. The summed E-state index contributed by atoms with van der Waals surface area (Å²) >= 11 is 0. The zero-order valence-electron chi connectivity index (χ0n) is 18.7. The van der Waals surface area contributed by atoms with E-state index < -0.39 is 0 Å². The summed E-state index contributed by atoms with van der Waals surface area (Å²) in [6, 6.07) is 0. The predicted octanol–water partition coefficient (Wildman–Crippen LogP) is 7.11. The normalized spacial score (nSPS) is 17.5. The lowest BCUT2D eigenvalue weighted by Crippen LogP contribution is -2.57. The smallest absolute Gasteiger partial charge is 0.139 e. The van der Waals surface area contributed by atoms with Crippen LogP contribution in [0.5, 0.6) is 0 Å². The molecule has 0 N–H and O–H groups in total. The van der Waals surface area contributed by atoms with Crippen molar-refractivity contribution in [2.45, 2.75) is 111 Å². The Labute approximate surface area is 165 Å². The summed E-state index contributed by atoms with van der Waals surface area (Å²) in [4.78, 5) is 2.76. The lowest BCUT2D eigenvalue weighted by molar-refractivity contribution is -0.906. The maximum absolute atomic E-state index is 2.76. The standard InChI is InChI=1S/C24H49N2/c1-5-9-13-17-24-18-20-25(19-14-10-6-2)23-26(24,21-15-11-7-3)22-16-12-8-4/h18H,5-17,19-23H2,1-4H3/q+1. The molecule has 2 heteroatoms. The van der Waals surface area contributed by atoms with E-state index in [1.54, 1.807) is 5.70 Å². The average Bonchev–Trinajstić information content (AvgIpc) is 2.64. The van der Waals surface area contributed by atoms with E-state index in [1.165, 1.54) is 121 Å². The molecule has 1 rings (SSSR count). The molecule has 0 bridgehead atoms. The van der Waals surface area contributed by atoms with Gasteiger partial charge in [-0.3, -0.25) is 9.38 Å². The van der Waals surface area contributed by atoms with Gasteiger partial charge in [-0.2, -0.15) is 0 Å². The first-order chi connectivity index (χ1) is 12.7. The van der Waals surface area contributed by atoms with Crippen LogP contribution in [0.1, 0.15) is 111 Å². The van der Waals surface area contributed by atoms with Crippen LogP contribution in [-0.2, 0) is 0 Å². The number of hydrogen-bond acceptors (Lipinski definition) is 1. The third-order valence-corrected chi connectivity index (χ3v) is 6.16. The van der Waals surface area contributed by atoms with Gasteiger partial charge in [0.05, 0.1) is 13.1 Å². The molecule has 1 aliphatic rings. The molecule has 1 heterocycles. The Bertz CT molecular complexity index is 351. The van der Waals surface area contributed by atoms with E-state index in [0.29, 0.717) is 0 Å². The molecule has 1 aliphatic heterocycles. The minimum absolute atomic E-state index is 1.20. The molecule has 0 unspecified atom stereocenters. The molecule has 0 saturated carbocycles. The maximum atomic E-state index is 2.76. The Morgan fingerprint density at radius 2 is 1.27 bits per heavy atom. The maximum Gasteiger partial charge on any atom is 0.139 e. The van der Waals surface area contributed by atoms with Crippen LogP contribution in [0.2, 0.25) is 0 Å². The zero-order chi connectivity index (χ0) is 19.1. The van der Waals surface area contributed by atoms with Crippen LogP contribution < -0.4 is 0 Å². The van der Waals surface area contributed by atoms with Crippen LogP contribution in [0.15, 0.2) is 11.8 Å². The lowest BCUT2D eigenvalue weighted by atomic mass is 10.0. The molecule has 0 fully saturated rings. The van der Waals surface area contributed by atoms with Crippen molar-refractivity contribution in [1.82, 2.24) is 4.90 Å². The van der Waals surface area contributed by atoms with E-state index in [9.17, 15) is 0 Å². The molecule has 0 aromatic rings. The number of hydrogen-bond donors (Lipinski definition) is 0. The molecule has 0 radical (unpaired) electrons. The third-order valence-electron chi connectivity index (χ3n) is 6.16. The van der Waals surface area contributed by atoms with Crippen LogP contribution in [0.4, 0.5) is 0 Å². The average molecular weight is 366 g/mol. The van der Waals surface area contributed by atoms with E-state index in [0.717, 1.165) is 0 Å². The van der Waals surface area contributed by atoms with Crippen molar-refractivity contribution in [3.63, 3.8) is 0 Å². The second-order valence-electron chi connectivity index (χ2n) is 8.58. The van der Waals surface area contributed by atoms with Gasteiger partial charge in [-0.05, 0) is 44.6 Å². The minimum Gasteiger partial charge on any atom is -0.282 e. The Balaban J connectivity index is 2.85. The Morgan fingerprint density at radius 3 is 1.85 bits per heavy atom. The highest BCUT2D eigenvalue weighted by atomic mass is 15.5. The van der Waals surface area contributed by atoms with E-state index in [4.69, 9.17) is 0 Å². The molecule has 0 atom stereocenters. The molecule has 0 amide bonds. The molecule has 0 spiro atoms. The highest BCUT2D eigenvalue weighted by Crippen LogP contribution is 2.30. The van der Waals surface area contributed by atoms with Gasteiger partial charge in [-0.1, -0.05) is 66.2 Å². The third kappa shape index (κ3) is 8.57. The number of quaternary nitrogens is 1. The van der Waals surface area contributed by atoms with Crippen molar-refractivity contribution in [2.24, 2.45) is 0 Å². The summed E-state index contributed by atoms with van der Waals surface area (Å²) < 4.78 is 1.30. The van der Waals surface area contributed by atoms with Gasteiger partial charge < -0.3 is 0 Å². The van der Waals surface area contributed by atoms with Crippen LogP contribution in [0.3, 0.4) is 0 Å². The molecule has 26 heavy (non-hydrogen) atoms. The SMILES string of the molecule is CCCCCC1=CCN(CCCCC)C[N+]1(CCCCC)CCCCC. The van der Waals surface area contributed by atoms with Gasteiger partial charge >= 0.3 is 0 Å². The molecule has 0 aromatic heterocycles. The fourth-order valence-electron chi connectivity index (χ4n) is 4.47. The van der Waals surface area contributed by atoms with Crippen molar-refractivity contribution in [3.8, 4) is 0 Å². The van der Waals surface area contributed by atoms with Crippen molar-refractivity contribution in [3.05, 3.63) is 11.8 Å². The molecule has 2 nitrogen and oxygen atoms in total. The number of unbranched alkanes of at least 4 members (excludes halogenated alkanes) is 8. The zero-order valence-corrected chi connectivity index (χ0v) is 18.7. The van der Waals surface area contributed by atoms with E-state index in [2.05, 4.69) is 38.7 Å². The Morgan fingerprint density at radius 1 is 0.731 bits per heavy atom. The van der Waals surface area contributed by atoms with Gasteiger partial charge in [0.25, 0.3) is 0 Å². The predicted molar refractivity (Wildman–Crippen MR) is 117 cm³/mol. The van der Waals surface area contributed by atoms with Crippen molar-refractivity contribution < 1.29 is 4.48 Å². The summed E-state index contributed by atoms with van der Waals surface area (Å²) in [6.07, 6.45) is 20.5. The van der Waals surface area contributed by atoms with Crippen LogP contribution >= 0.6 is 0 Å². The van der Waals surface area contributed by atoms with Gasteiger partial charge in [0.15, 0.2) is 0 Å². The summed E-state index contributed by atoms with van der Waals surface area (Å²) in [5, 5.41) is 0. The van der Waals surface area contributed by atoms with Gasteiger partial charge in [0.1, 0.15) is 12.4 Å². The number of allylic oxidation sites excluding steroid dienone is 1. The van der Waals surface area contributed by atoms with Crippen molar-refractivity contribution in [1.29, 1.82) is 0 Å². The minimum atomic E-state index is 1.20. The molecule has 0 aromatic carbocycles. The summed E-state index contributed by atoms with van der Waals surface area (Å²) in [5.74, 6) is 0.